The first-order valence-corrected chi connectivity index (χ1v) is 4.12. The molecular weight excluding hydrogens is 238 g/mol. The molecule has 70 valence electrons. The fourth-order valence-corrected chi connectivity index (χ4v) is 0.981. The maximum atomic E-state index is 11.3. The number of nitrogen functional groups attached to an aromatic ring is 1. The highest BCUT2D eigenvalue weighted by atomic mass is 79.9. The van der Waals surface area contributed by atoms with Crippen LogP contribution in [0.2, 0.25) is 0 Å². The maximum Gasteiger partial charge on any atom is 0.289 e. The molecule has 0 fully saturated rings. The Bertz CT molecular complexity index is 340. The number of hydrazine groups is 1. The van der Waals surface area contributed by atoms with Gasteiger partial charge in [-0.1, -0.05) is 0 Å². The SMILES string of the molecule is CN(N)C(=O)c1nc(Br)cnc1N. The van der Waals surface area contributed by atoms with E-state index in [1.807, 2.05) is 0 Å². The van der Waals surface area contributed by atoms with E-state index in [0.29, 0.717) is 4.60 Å². The molecule has 13 heavy (non-hydrogen) atoms. The highest BCUT2D eigenvalue weighted by Crippen LogP contribution is 2.11. The lowest BCUT2D eigenvalue weighted by molar-refractivity contribution is 0.0790. The van der Waals surface area contributed by atoms with Crippen LogP contribution in [0.15, 0.2) is 10.8 Å². The monoisotopic (exact) mass is 245 g/mol. The van der Waals surface area contributed by atoms with Gasteiger partial charge in [-0.05, 0) is 15.9 Å². The molecule has 0 aliphatic heterocycles. The third-order valence-electron chi connectivity index (χ3n) is 1.29. The van der Waals surface area contributed by atoms with Crippen molar-refractivity contribution in [1.29, 1.82) is 0 Å². The van der Waals surface area contributed by atoms with Gasteiger partial charge in [0.1, 0.15) is 4.60 Å². The summed E-state index contributed by atoms with van der Waals surface area (Å²) in [5.41, 5.74) is 5.47. The predicted octanol–water partition coefficient (Wildman–Crippen LogP) is -0.233. The smallest absolute Gasteiger partial charge is 0.289 e. The topological polar surface area (TPSA) is 98.1 Å². The normalized spacial score (nSPS) is 9.77. The van der Waals surface area contributed by atoms with E-state index in [-0.39, 0.29) is 11.5 Å². The van der Waals surface area contributed by atoms with Crippen LogP contribution in [0.1, 0.15) is 10.5 Å². The van der Waals surface area contributed by atoms with Gasteiger partial charge in [0.25, 0.3) is 5.91 Å². The van der Waals surface area contributed by atoms with Gasteiger partial charge in [-0.15, -0.1) is 0 Å². The number of nitrogens with zero attached hydrogens (tertiary/aromatic N) is 3. The quantitative estimate of drug-likeness (QED) is 0.405. The molecule has 0 aliphatic rings. The molecule has 1 amide bonds. The Morgan fingerprint density at radius 3 is 2.85 bits per heavy atom. The average molecular weight is 246 g/mol. The zero-order valence-corrected chi connectivity index (χ0v) is 8.45. The summed E-state index contributed by atoms with van der Waals surface area (Å²) in [6.45, 7) is 0. The van der Waals surface area contributed by atoms with E-state index in [2.05, 4.69) is 25.9 Å². The van der Waals surface area contributed by atoms with Crippen molar-refractivity contribution in [3.05, 3.63) is 16.5 Å². The second kappa shape index (κ2) is 3.67. The molecule has 1 aromatic rings. The molecule has 4 N–H and O–H groups in total. The number of amides is 1. The van der Waals surface area contributed by atoms with Crippen molar-refractivity contribution in [2.24, 2.45) is 5.84 Å². The molecule has 1 rings (SSSR count). The van der Waals surface area contributed by atoms with Crippen LogP contribution in [-0.2, 0) is 0 Å². The number of carbonyl (C=O) groups is 1. The van der Waals surface area contributed by atoms with Crippen LogP contribution < -0.4 is 11.6 Å². The molecule has 0 aromatic carbocycles. The van der Waals surface area contributed by atoms with Crippen molar-refractivity contribution < 1.29 is 4.79 Å². The summed E-state index contributed by atoms with van der Waals surface area (Å²) in [5, 5.41) is 0.896. The lowest BCUT2D eigenvalue weighted by Crippen LogP contribution is -2.34. The van der Waals surface area contributed by atoms with E-state index in [9.17, 15) is 4.79 Å². The molecule has 0 atom stereocenters. The summed E-state index contributed by atoms with van der Waals surface area (Å²) < 4.78 is 0.437. The van der Waals surface area contributed by atoms with Gasteiger partial charge in [0.05, 0.1) is 6.20 Å². The van der Waals surface area contributed by atoms with E-state index in [0.717, 1.165) is 5.01 Å². The second-order valence-electron chi connectivity index (χ2n) is 2.34. The Balaban J connectivity index is 3.13. The van der Waals surface area contributed by atoms with Gasteiger partial charge in [-0.3, -0.25) is 9.80 Å². The Labute approximate surface area is 83.0 Å². The van der Waals surface area contributed by atoms with Crippen molar-refractivity contribution >= 4 is 27.7 Å². The zero-order chi connectivity index (χ0) is 10.0. The highest BCUT2D eigenvalue weighted by molar-refractivity contribution is 9.10. The first-order valence-electron chi connectivity index (χ1n) is 3.33. The van der Waals surface area contributed by atoms with Gasteiger partial charge in [0.15, 0.2) is 11.5 Å². The Hall–Kier alpha value is -1.21. The van der Waals surface area contributed by atoms with Crippen molar-refractivity contribution in [2.75, 3.05) is 12.8 Å². The number of halogens is 1. The molecule has 0 bridgehead atoms. The summed E-state index contributed by atoms with van der Waals surface area (Å²) in [6, 6.07) is 0. The van der Waals surface area contributed by atoms with Crippen LogP contribution in [0.5, 0.6) is 0 Å². The summed E-state index contributed by atoms with van der Waals surface area (Å²) in [7, 11) is 1.41. The van der Waals surface area contributed by atoms with Gasteiger partial charge in [0, 0.05) is 7.05 Å². The summed E-state index contributed by atoms with van der Waals surface area (Å²) in [6.07, 6.45) is 1.41. The van der Waals surface area contributed by atoms with Crippen LogP contribution in [0.3, 0.4) is 0 Å². The minimum atomic E-state index is -0.480. The highest BCUT2D eigenvalue weighted by Gasteiger charge is 2.15. The van der Waals surface area contributed by atoms with Crippen molar-refractivity contribution in [2.45, 2.75) is 0 Å². The summed E-state index contributed by atoms with van der Waals surface area (Å²) >= 11 is 3.07. The van der Waals surface area contributed by atoms with Gasteiger partial charge >= 0.3 is 0 Å². The van der Waals surface area contributed by atoms with Crippen molar-refractivity contribution in [3.63, 3.8) is 0 Å². The third kappa shape index (κ3) is 2.13. The molecule has 1 heterocycles. The molecule has 1 aromatic heterocycles. The lowest BCUT2D eigenvalue weighted by atomic mass is 10.4. The Morgan fingerprint density at radius 1 is 1.69 bits per heavy atom. The summed E-state index contributed by atoms with van der Waals surface area (Å²) in [5.74, 6) is 4.81. The van der Waals surface area contributed by atoms with E-state index in [4.69, 9.17) is 11.6 Å². The first kappa shape index (κ1) is 9.87. The fourth-order valence-electron chi connectivity index (χ4n) is 0.701. The Morgan fingerprint density at radius 2 is 2.31 bits per heavy atom. The minimum Gasteiger partial charge on any atom is -0.382 e. The molecule has 6 nitrogen and oxygen atoms in total. The molecule has 0 unspecified atom stereocenters. The second-order valence-corrected chi connectivity index (χ2v) is 3.16. The van der Waals surface area contributed by atoms with Gasteiger partial charge in [-0.25, -0.2) is 15.8 Å². The average Bonchev–Trinajstić information content (AvgIpc) is 2.08. The maximum absolute atomic E-state index is 11.3. The lowest BCUT2D eigenvalue weighted by Gasteiger charge is -2.09. The van der Waals surface area contributed by atoms with Gasteiger partial charge in [-0.2, -0.15) is 0 Å². The van der Waals surface area contributed by atoms with E-state index in [1.165, 1.54) is 13.2 Å². The van der Waals surface area contributed by atoms with Crippen LogP contribution in [-0.4, -0.2) is 27.9 Å². The number of rotatable bonds is 1. The molecular formula is C6H8BrN5O. The van der Waals surface area contributed by atoms with Crippen LogP contribution in [0.4, 0.5) is 5.82 Å². The van der Waals surface area contributed by atoms with Crippen molar-refractivity contribution in [1.82, 2.24) is 15.0 Å². The molecule has 7 heteroatoms. The number of hydrogen-bond donors (Lipinski definition) is 2. The first-order chi connectivity index (χ1) is 6.02. The third-order valence-corrected chi connectivity index (χ3v) is 1.68. The number of nitrogens with two attached hydrogens (primary N) is 2. The predicted molar refractivity (Wildman–Crippen MR) is 50.4 cm³/mol. The number of carbonyl (C=O) groups excluding carboxylic acids is 1. The Kier molecular flexibility index (Phi) is 2.79. The largest absolute Gasteiger partial charge is 0.382 e. The van der Waals surface area contributed by atoms with Crippen LogP contribution in [0, 0.1) is 0 Å². The summed E-state index contributed by atoms with van der Waals surface area (Å²) in [4.78, 5) is 18.9. The van der Waals surface area contributed by atoms with Gasteiger partial charge < -0.3 is 5.73 Å². The van der Waals surface area contributed by atoms with Crippen molar-refractivity contribution in [3.8, 4) is 0 Å². The van der Waals surface area contributed by atoms with Crippen LogP contribution >= 0.6 is 15.9 Å². The number of anilines is 1. The standard InChI is InChI=1S/C6H8BrN5O/c1-12(9)6(13)4-5(8)10-2-3(7)11-4/h2H,9H2,1H3,(H2,8,10). The molecule has 0 radical (unpaired) electrons. The number of hydrogen-bond acceptors (Lipinski definition) is 5. The van der Waals surface area contributed by atoms with E-state index >= 15 is 0 Å². The van der Waals surface area contributed by atoms with Crippen LogP contribution in [0.25, 0.3) is 0 Å². The van der Waals surface area contributed by atoms with E-state index in [1.54, 1.807) is 0 Å². The zero-order valence-electron chi connectivity index (χ0n) is 6.86. The number of aromatic nitrogens is 2. The van der Waals surface area contributed by atoms with Gasteiger partial charge in [0.2, 0.25) is 0 Å². The molecule has 0 saturated carbocycles. The molecule has 0 spiro atoms. The molecule has 0 aliphatic carbocycles. The van der Waals surface area contributed by atoms with E-state index < -0.39 is 5.91 Å². The minimum absolute atomic E-state index is 0.0411. The molecule has 0 saturated heterocycles. The fraction of sp³-hybridized carbons (Fsp3) is 0.167.